The van der Waals surface area contributed by atoms with Crippen LogP contribution in [0.1, 0.15) is 19.3 Å². The first-order valence-electron chi connectivity index (χ1n) is 8.54. The number of aromatic nitrogens is 2. The van der Waals surface area contributed by atoms with Gasteiger partial charge in [0, 0.05) is 24.5 Å². The van der Waals surface area contributed by atoms with Gasteiger partial charge in [0.2, 0.25) is 0 Å². The summed E-state index contributed by atoms with van der Waals surface area (Å²) in [6.45, 7) is 0.879. The zero-order valence-electron chi connectivity index (χ0n) is 14.8. The summed E-state index contributed by atoms with van der Waals surface area (Å²) in [6, 6.07) is 3.41. The number of carbonyl (C=O) groups excluding carboxylic acids is 1. The van der Waals surface area contributed by atoms with Gasteiger partial charge in [-0.1, -0.05) is 11.6 Å². The largest absolute Gasteiger partial charge is 0.380 e. The molecular formula is C18H22ClN3O3S. The monoisotopic (exact) mass is 395 g/mol. The predicted molar refractivity (Wildman–Crippen MR) is 104 cm³/mol. The molecule has 2 aromatic rings. The van der Waals surface area contributed by atoms with Gasteiger partial charge in [-0.2, -0.15) is 0 Å². The van der Waals surface area contributed by atoms with Gasteiger partial charge in [0.25, 0.3) is 5.56 Å². The van der Waals surface area contributed by atoms with E-state index in [1.54, 1.807) is 19.2 Å². The van der Waals surface area contributed by atoms with Gasteiger partial charge in [0.15, 0.2) is 5.78 Å². The maximum absolute atomic E-state index is 12.7. The first kappa shape index (κ1) is 19.4. The smallest absolute Gasteiger partial charge is 0.261 e. The molecule has 1 N–H and O–H groups in total. The van der Waals surface area contributed by atoms with E-state index < -0.39 is 0 Å². The van der Waals surface area contributed by atoms with Crippen LogP contribution in [0.3, 0.4) is 0 Å². The molecule has 0 saturated carbocycles. The number of carbonyl (C=O) groups is 1. The lowest BCUT2D eigenvalue weighted by Gasteiger charge is -2.31. The van der Waals surface area contributed by atoms with Crippen molar-refractivity contribution in [3.63, 3.8) is 0 Å². The molecule has 1 aliphatic rings. The predicted octanol–water partition coefficient (Wildman–Crippen LogP) is 2.50. The standard InChI is InChI=1S/C18H22ClN3O3S/c1-25-16-4-3-5-20-15(16)6-11(23)9-22-10-21-14-8-17(26-2)13(19)7-12(14)18(22)24/h7-8,10,15-16,20H,3-6,9H2,1-2H3/t15-,16+/m0/s1. The number of benzene rings is 1. The lowest BCUT2D eigenvalue weighted by molar-refractivity contribution is -0.121. The van der Waals surface area contributed by atoms with Crippen LogP contribution < -0.4 is 10.9 Å². The molecular weight excluding hydrogens is 374 g/mol. The number of nitrogens with one attached hydrogen (secondary N) is 1. The van der Waals surface area contributed by atoms with E-state index >= 15 is 0 Å². The maximum Gasteiger partial charge on any atom is 0.261 e. The Labute approximate surface area is 161 Å². The molecule has 3 rings (SSSR count). The number of halogens is 1. The van der Waals surface area contributed by atoms with Crippen LogP contribution in [-0.4, -0.2) is 47.4 Å². The molecule has 26 heavy (non-hydrogen) atoms. The highest BCUT2D eigenvalue weighted by Gasteiger charge is 2.26. The highest BCUT2D eigenvalue weighted by molar-refractivity contribution is 7.98. The molecule has 0 bridgehead atoms. The van der Waals surface area contributed by atoms with Crippen LogP contribution in [0.2, 0.25) is 5.02 Å². The third-order valence-electron chi connectivity index (χ3n) is 4.72. The SMILES string of the molecule is CO[C@@H]1CCCN[C@H]1CC(=O)Cn1cnc2cc(SC)c(Cl)cc2c1=O. The molecule has 2 heterocycles. The maximum atomic E-state index is 12.7. The Balaban J connectivity index is 1.79. The molecule has 140 valence electrons. The van der Waals surface area contributed by atoms with Crippen LogP contribution in [0.5, 0.6) is 0 Å². The third kappa shape index (κ3) is 4.11. The molecule has 1 aromatic heterocycles. The van der Waals surface area contributed by atoms with E-state index in [1.807, 2.05) is 6.26 Å². The fourth-order valence-corrected chi connectivity index (χ4v) is 4.22. The molecule has 2 atom stereocenters. The Hall–Kier alpha value is -1.41. The normalized spacial score (nSPS) is 20.4. The molecule has 0 radical (unpaired) electrons. The van der Waals surface area contributed by atoms with Crippen molar-refractivity contribution in [2.24, 2.45) is 0 Å². The fraction of sp³-hybridized carbons (Fsp3) is 0.500. The van der Waals surface area contributed by atoms with Gasteiger partial charge in [0.1, 0.15) is 0 Å². The zero-order valence-corrected chi connectivity index (χ0v) is 16.4. The number of fused-ring (bicyclic) bond motifs is 1. The second kappa shape index (κ2) is 8.52. The first-order chi connectivity index (χ1) is 12.5. The van der Waals surface area contributed by atoms with Gasteiger partial charge in [-0.3, -0.25) is 14.2 Å². The van der Waals surface area contributed by atoms with Crippen molar-refractivity contribution in [3.8, 4) is 0 Å². The van der Waals surface area contributed by atoms with Crippen molar-refractivity contribution < 1.29 is 9.53 Å². The number of nitrogens with zero attached hydrogens (tertiary/aromatic N) is 2. The van der Waals surface area contributed by atoms with E-state index in [2.05, 4.69) is 10.3 Å². The molecule has 1 saturated heterocycles. The van der Waals surface area contributed by atoms with Crippen LogP contribution in [0.4, 0.5) is 0 Å². The van der Waals surface area contributed by atoms with E-state index in [-0.39, 0.29) is 30.0 Å². The quantitative estimate of drug-likeness (QED) is 0.757. The number of hydrogen-bond acceptors (Lipinski definition) is 6. The van der Waals surface area contributed by atoms with Crippen LogP contribution in [0.15, 0.2) is 28.2 Å². The number of methoxy groups -OCH3 is 1. The van der Waals surface area contributed by atoms with Crippen molar-refractivity contribution in [2.75, 3.05) is 19.9 Å². The Bertz CT molecular complexity index is 871. The number of thioether (sulfide) groups is 1. The average molecular weight is 396 g/mol. The highest BCUT2D eigenvalue weighted by Crippen LogP contribution is 2.28. The van der Waals surface area contributed by atoms with Crippen LogP contribution >= 0.6 is 23.4 Å². The zero-order chi connectivity index (χ0) is 18.7. The Morgan fingerprint density at radius 2 is 2.31 bits per heavy atom. The van der Waals surface area contributed by atoms with E-state index in [0.29, 0.717) is 22.3 Å². The molecule has 0 unspecified atom stereocenters. The summed E-state index contributed by atoms with van der Waals surface area (Å²) in [7, 11) is 1.67. The summed E-state index contributed by atoms with van der Waals surface area (Å²) in [6.07, 6.45) is 5.69. The topological polar surface area (TPSA) is 73.2 Å². The minimum atomic E-state index is -0.252. The summed E-state index contributed by atoms with van der Waals surface area (Å²) >= 11 is 7.71. The molecule has 8 heteroatoms. The summed E-state index contributed by atoms with van der Waals surface area (Å²) in [5, 5.41) is 4.27. The van der Waals surface area contributed by atoms with Crippen molar-refractivity contribution in [2.45, 2.75) is 42.8 Å². The molecule has 0 aliphatic carbocycles. The van der Waals surface area contributed by atoms with Crippen LogP contribution in [-0.2, 0) is 16.1 Å². The minimum absolute atomic E-state index is 0.00170. The Morgan fingerprint density at radius 3 is 3.04 bits per heavy atom. The third-order valence-corrected chi connectivity index (χ3v) is 5.92. The molecule has 0 spiro atoms. The van der Waals surface area contributed by atoms with Crippen molar-refractivity contribution >= 4 is 40.0 Å². The summed E-state index contributed by atoms with van der Waals surface area (Å²) in [5.41, 5.74) is 0.332. The number of Topliss-reactive ketones (excluding diaryl/α,β-unsaturated/α-hetero) is 1. The number of ether oxygens (including phenoxy) is 1. The Kier molecular flexibility index (Phi) is 6.34. The van der Waals surface area contributed by atoms with Gasteiger partial charge in [0.05, 0.1) is 34.9 Å². The molecule has 1 aliphatic heterocycles. The molecule has 0 amide bonds. The number of ketones is 1. The van der Waals surface area contributed by atoms with E-state index in [0.717, 1.165) is 24.3 Å². The molecule has 1 aromatic carbocycles. The number of hydrogen-bond donors (Lipinski definition) is 1. The Morgan fingerprint density at radius 1 is 1.50 bits per heavy atom. The minimum Gasteiger partial charge on any atom is -0.380 e. The van der Waals surface area contributed by atoms with Gasteiger partial charge >= 0.3 is 0 Å². The number of rotatable bonds is 6. The summed E-state index contributed by atoms with van der Waals surface area (Å²) in [5.74, 6) is -0.0264. The van der Waals surface area contributed by atoms with Crippen molar-refractivity contribution in [1.82, 2.24) is 14.9 Å². The number of piperidine rings is 1. The lowest BCUT2D eigenvalue weighted by Crippen LogP contribution is -2.47. The van der Waals surface area contributed by atoms with Crippen molar-refractivity contribution in [1.29, 1.82) is 0 Å². The second-order valence-electron chi connectivity index (χ2n) is 6.40. The van der Waals surface area contributed by atoms with Crippen LogP contribution in [0, 0.1) is 0 Å². The second-order valence-corrected chi connectivity index (χ2v) is 7.66. The van der Waals surface area contributed by atoms with E-state index in [4.69, 9.17) is 16.3 Å². The van der Waals surface area contributed by atoms with Crippen LogP contribution in [0.25, 0.3) is 10.9 Å². The lowest BCUT2D eigenvalue weighted by atomic mass is 9.96. The van der Waals surface area contributed by atoms with Gasteiger partial charge in [-0.25, -0.2) is 4.98 Å². The van der Waals surface area contributed by atoms with E-state index in [9.17, 15) is 9.59 Å². The fourth-order valence-electron chi connectivity index (χ4n) is 3.34. The van der Waals surface area contributed by atoms with Gasteiger partial charge < -0.3 is 10.1 Å². The summed E-state index contributed by atoms with van der Waals surface area (Å²) < 4.78 is 6.81. The summed E-state index contributed by atoms with van der Waals surface area (Å²) in [4.78, 5) is 30.4. The van der Waals surface area contributed by atoms with Gasteiger partial charge in [-0.15, -0.1) is 11.8 Å². The first-order valence-corrected chi connectivity index (χ1v) is 10.1. The average Bonchev–Trinajstić information content (AvgIpc) is 2.64. The molecule has 6 nitrogen and oxygen atoms in total. The van der Waals surface area contributed by atoms with Gasteiger partial charge in [-0.05, 0) is 37.8 Å². The van der Waals surface area contributed by atoms with Crippen molar-refractivity contribution in [3.05, 3.63) is 33.8 Å². The molecule has 1 fully saturated rings. The highest BCUT2D eigenvalue weighted by atomic mass is 35.5. The van der Waals surface area contributed by atoms with E-state index in [1.165, 1.54) is 22.7 Å².